The topological polar surface area (TPSA) is 92.7 Å². The molecule has 0 spiro atoms. The van der Waals surface area contributed by atoms with Crippen LogP contribution in [0.5, 0.6) is 0 Å². The number of nitrogen functional groups attached to an aromatic ring is 1. The number of hydrogen-bond donors (Lipinski definition) is 2. The van der Waals surface area contributed by atoms with E-state index in [0.29, 0.717) is 9.27 Å². The van der Waals surface area contributed by atoms with Crippen LogP contribution in [-0.2, 0) is 10.0 Å². The van der Waals surface area contributed by atoms with Gasteiger partial charge in [-0.3, -0.25) is 4.40 Å². The van der Waals surface area contributed by atoms with Gasteiger partial charge in [-0.15, -0.1) is 11.3 Å². The van der Waals surface area contributed by atoms with Crippen LogP contribution in [0.15, 0.2) is 16.6 Å². The fraction of sp³-hybridized carbons (Fsp3) is 0.444. The maximum Gasteiger partial charge on any atom is 0.390 e. The number of halogens is 3. The molecule has 118 valence electrons. The second-order valence-corrected chi connectivity index (χ2v) is 6.99. The average Bonchev–Trinajstić information content (AvgIpc) is 2.93. The van der Waals surface area contributed by atoms with Crippen molar-refractivity contribution < 1.29 is 21.6 Å². The number of nitrogens with two attached hydrogens (primary N) is 1. The molecule has 21 heavy (non-hydrogen) atoms. The largest absolute Gasteiger partial charge is 0.390 e. The summed E-state index contributed by atoms with van der Waals surface area (Å²) >= 11 is 1.18. The Morgan fingerprint density at radius 1 is 1.52 bits per heavy atom. The molecular weight excluding hydrogens is 331 g/mol. The number of hydrazine groups is 1. The van der Waals surface area contributed by atoms with E-state index in [1.54, 1.807) is 5.38 Å². The highest BCUT2D eigenvalue weighted by Gasteiger charge is 2.33. The predicted octanol–water partition coefficient (Wildman–Crippen LogP) is 1.25. The number of thiazole rings is 1. The number of hydrogen-bond acceptors (Lipinski definition) is 6. The summed E-state index contributed by atoms with van der Waals surface area (Å²) in [6.07, 6.45) is -4.22. The normalized spacial score (nSPS) is 13.2. The quantitative estimate of drug-likeness (QED) is 0.630. The number of fused-ring (bicyclic) bond motifs is 1. The van der Waals surface area contributed by atoms with Crippen LogP contribution in [-0.4, -0.2) is 41.9 Å². The SMILES string of the molecule is CN(CCC(F)(F)F)S(=O)(=O)c1c(NN)nc2sccn12. The first-order chi connectivity index (χ1) is 9.66. The summed E-state index contributed by atoms with van der Waals surface area (Å²) in [7, 11) is -3.08. The summed E-state index contributed by atoms with van der Waals surface area (Å²) < 4.78 is 63.4. The van der Waals surface area contributed by atoms with Gasteiger partial charge in [-0.2, -0.15) is 22.5 Å². The molecule has 3 N–H and O–H groups in total. The molecule has 0 amide bonds. The van der Waals surface area contributed by atoms with Crippen LogP contribution in [0.4, 0.5) is 19.0 Å². The summed E-state index contributed by atoms with van der Waals surface area (Å²) in [5.41, 5.74) is 2.15. The Kier molecular flexibility index (Phi) is 4.15. The average molecular weight is 343 g/mol. The number of sulfonamides is 1. The first kappa shape index (κ1) is 16.0. The molecule has 0 unspecified atom stereocenters. The highest BCUT2D eigenvalue weighted by molar-refractivity contribution is 7.89. The van der Waals surface area contributed by atoms with Crippen molar-refractivity contribution in [1.29, 1.82) is 0 Å². The molecule has 0 saturated carbocycles. The van der Waals surface area contributed by atoms with Gasteiger partial charge in [-0.05, 0) is 0 Å². The van der Waals surface area contributed by atoms with Gasteiger partial charge in [0.25, 0.3) is 10.0 Å². The van der Waals surface area contributed by atoms with Crippen molar-refractivity contribution in [3.8, 4) is 0 Å². The second-order valence-electron chi connectivity index (χ2n) is 4.16. The van der Waals surface area contributed by atoms with E-state index in [1.165, 1.54) is 21.9 Å². The number of nitrogens with zero attached hydrogens (tertiary/aromatic N) is 3. The van der Waals surface area contributed by atoms with Gasteiger partial charge in [0, 0.05) is 25.2 Å². The van der Waals surface area contributed by atoms with Crippen molar-refractivity contribution in [1.82, 2.24) is 13.7 Å². The highest BCUT2D eigenvalue weighted by atomic mass is 32.2. The monoisotopic (exact) mass is 343 g/mol. The molecule has 2 rings (SSSR count). The van der Waals surface area contributed by atoms with Crippen LogP contribution in [0.2, 0.25) is 0 Å². The molecule has 7 nitrogen and oxygen atoms in total. The lowest BCUT2D eigenvalue weighted by atomic mass is 10.4. The van der Waals surface area contributed by atoms with E-state index in [4.69, 9.17) is 5.84 Å². The Morgan fingerprint density at radius 2 is 2.19 bits per heavy atom. The molecule has 0 aliphatic heterocycles. The van der Waals surface area contributed by atoms with Crippen molar-refractivity contribution in [3.63, 3.8) is 0 Å². The number of alkyl halides is 3. The van der Waals surface area contributed by atoms with E-state index in [9.17, 15) is 21.6 Å². The summed E-state index contributed by atoms with van der Waals surface area (Å²) in [5.74, 6) is 5.12. The molecule has 0 radical (unpaired) electrons. The maximum absolute atomic E-state index is 12.4. The number of rotatable bonds is 5. The molecule has 12 heteroatoms. The van der Waals surface area contributed by atoms with Gasteiger partial charge in [0.2, 0.25) is 5.03 Å². The predicted molar refractivity (Wildman–Crippen MR) is 71.4 cm³/mol. The van der Waals surface area contributed by atoms with Crippen molar-refractivity contribution in [2.24, 2.45) is 5.84 Å². The van der Waals surface area contributed by atoms with Crippen molar-refractivity contribution in [3.05, 3.63) is 11.6 Å². The van der Waals surface area contributed by atoms with Gasteiger partial charge in [0.1, 0.15) is 0 Å². The van der Waals surface area contributed by atoms with Crippen molar-refractivity contribution in [2.75, 3.05) is 19.0 Å². The standard InChI is InChI=1S/C9H12F3N5O2S2/c1-16(3-2-9(10,11)12)21(18,19)7-6(15-13)14-8-17(7)4-5-20-8/h4-5,15H,2-3,13H2,1H3. The summed E-state index contributed by atoms with van der Waals surface area (Å²) in [6, 6.07) is 0. The molecule has 0 atom stereocenters. The Bertz CT molecular complexity index is 736. The van der Waals surface area contributed by atoms with Gasteiger partial charge in [-0.1, -0.05) is 0 Å². The lowest BCUT2D eigenvalue weighted by Gasteiger charge is -2.18. The van der Waals surface area contributed by atoms with Crippen molar-refractivity contribution >= 4 is 32.1 Å². The third-order valence-electron chi connectivity index (χ3n) is 2.72. The maximum atomic E-state index is 12.4. The van der Waals surface area contributed by atoms with Crippen LogP contribution >= 0.6 is 11.3 Å². The summed E-state index contributed by atoms with van der Waals surface area (Å²) in [5, 5.41) is 1.32. The lowest BCUT2D eigenvalue weighted by molar-refractivity contribution is -0.135. The molecular formula is C9H12F3N5O2S2. The zero-order valence-corrected chi connectivity index (χ0v) is 12.4. The Balaban J connectivity index is 2.39. The van der Waals surface area contributed by atoms with Gasteiger partial charge >= 0.3 is 6.18 Å². The van der Waals surface area contributed by atoms with Crippen LogP contribution in [0.25, 0.3) is 4.96 Å². The molecule has 0 aliphatic rings. The molecule has 2 aromatic heterocycles. The van der Waals surface area contributed by atoms with Crippen LogP contribution < -0.4 is 11.3 Å². The van der Waals surface area contributed by atoms with Crippen LogP contribution in [0, 0.1) is 0 Å². The van der Waals surface area contributed by atoms with Gasteiger partial charge in [0.05, 0.1) is 6.42 Å². The van der Waals surface area contributed by atoms with Gasteiger partial charge in [0.15, 0.2) is 10.8 Å². The van der Waals surface area contributed by atoms with E-state index in [1.807, 2.05) is 0 Å². The zero-order valence-electron chi connectivity index (χ0n) is 10.8. The first-order valence-electron chi connectivity index (χ1n) is 5.62. The number of imidazole rings is 1. The molecule has 2 aromatic rings. The molecule has 0 aliphatic carbocycles. The summed E-state index contributed by atoms with van der Waals surface area (Å²) in [6.45, 7) is -0.687. The molecule has 0 bridgehead atoms. The summed E-state index contributed by atoms with van der Waals surface area (Å²) in [4.78, 5) is 4.33. The third kappa shape index (κ3) is 3.12. The molecule has 0 saturated heterocycles. The smallest absolute Gasteiger partial charge is 0.306 e. The van der Waals surface area contributed by atoms with Gasteiger partial charge < -0.3 is 5.43 Å². The van der Waals surface area contributed by atoms with Gasteiger partial charge in [-0.25, -0.2) is 14.3 Å². The molecule has 0 aromatic carbocycles. The first-order valence-corrected chi connectivity index (χ1v) is 7.94. The van der Waals surface area contributed by atoms with E-state index in [2.05, 4.69) is 10.4 Å². The Labute approximate surface area is 122 Å². The highest BCUT2D eigenvalue weighted by Crippen LogP contribution is 2.28. The number of nitrogens with one attached hydrogen (secondary N) is 1. The molecule has 0 fully saturated rings. The zero-order chi connectivity index (χ0) is 15.8. The van der Waals surface area contributed by atoms with E-state index in [0.717, 1.165) is 7.05 Å². The minimum Gasteiger partial charge on any atom is -0.306 e. The number of anilines is 1. The lowest BCUT2D eigenvalue weighted by Crippen LogP contribution is -2.32. The Hall–Kier alpha value is -1.37. The minimum absolute atomic E-state index is 0.110. The van der Waals surface area contributed by atoms with Crippen molar-refractivity contribution in [2.45, 2.75) is 17.6 Å². The van der Waals surface area contributed by atoms with E-state index in [-0.39, 0.29) is 10.8 Å². The Morgan fingerprint density at radius 3 is 2.76 bits per heavy atom. The fourth-order valence-electron chi connectivity index (χ4n) is 1.66. The van der Waals surface area contributed by atoms with E-state index >= 15 is 0 Å². The van der Waals surface area contributed by atoms with E-state index < -0.39 is 29.2 Å². The molecule has 2 heterocycles. The minimum atomic E-state index is -4.44. The fourth-order valence-corrected chi connectivity index (χ4v) is 3.80. The number of aromatic nitrogens is 2. The third-order valence-corrected chi connectivity index (χ3v) is 5.36. The van der Waals surface area contributed by atoms with Crippen LogP contribution in [0.1, 0.15) is 6.42 Å². The van der Waals surface area contributed by atoms with Crippen LogP contribution in [0.3, 0.4) is 0 Å². The second kappa shape index (κ2) is 5.44.